The third-order valence-electron chi connectivity index (χ3n) is 5.64. The highest BCUT2D eigenvalue weighted by atomic mass is 32.2. The number of carbonyl (C=O) groups excluding carboxylic acids is 2. The maximum Gasteiger partial charge on any atom is 0.269 e. The molecule has 0 bridgehead atoms. The molecule has 0 spiro atoms. The summed E-state index contributed by atoms with van der Waals surface area (Å²) in [5.41, 5.74) is 3.31. The highest BCUT2D eigenvalue weighted by molar-refractivity contribution is 8.19. The highest BCUT2D eigenvalue weighted by Gasteiger charge is 2.39. The van der Waals surface area contributed by atoms with Gasteiger partial charge in [-0.2, -0.15) is 5.26 Å². The van der Waals surface area contributed by atoms with Crippen LogP contribution in [0.25, 0.3) is 0 Å². The van der Waals surface area contributed by atoms with Crippen LogP contribution in [0, 0.1) is 11.3 Å². The largest absolute Gasteiger partial charge is 0.337 e. The number of hydrogen-bond donors (Lipinski definition) is 1. The van der Waals surface area contributed by atoms with Gasteiger partial charge in [0.1, 0.15) is 11.0 Å². The summed E-state index contributed by atoms with van der Waals surface area (Å²) in [6.07, 6.45) is 0. The summed E-state index contributed by atoms with van der Waals surface area (Å²) < 4.78 is 0. The number of nitrogens with one attached hydrogen (secondary N) is 1. The molecule has 178 valence electrons. The number of thioether (sulfide) groups is 2. The molecule has 0 aliphatic carbocycles. The van der Waals surface area contributed by atoms with E-state index in [1.807, 2.05) is 66.5 Å². The summed E-state index contributed by atoms with van der Waals surface area (Å²) in [6, 6.07) is 24.9. The third kappa shape index (κ3) is 4.61. The maximum absolute atomic E-state index is 13.7. The molecule has 0 atom stereocenters. The number of nitrogens with zero attached hydrogens (tertiary/aromatic N) is 4. The van der Waals surface area contributed by atoms with Crippen molar-refractivity contribution in [2.24, 2.45) is 4.99 Å². The van der Waals surface area contributed by atoms with Crippen molar-refractivity contribution in [2.45, 2.75) is 18.4 Å². The Morgan fingerprint density at radius 3 is 2.53 bits per heavy atom. The van der Waals surface area contributed by atoms with E-state index < -0.39 is 0 Å². The van der Waals surface area contributed by atoms with Crippen molar-refractivity contribution < 1.29 is 9.59 Å². The Morgan fingerprint density at radius 2 is 1.81 bits per heavy atom. The molecule has 1 N–H and O–H groups in total. The predicted molar refractivity (Wildman–Crippen MR) is 145 cm³/mol. The first-order valence-corrected chi connectivity index (χ1v) is 12.8. The fourth-order valence-corrected chi connectivity index (χ4v) is 6.27. The molecule has 2 aliphatic rings. The lowest BCUT2D eigenvalue weighted by Gasteiger charge is -2.17. The lowest BCUT2D eigenvalue weighted by molar-refractivity contribution is -0.122. The summed E-state index contributed by atoms with van der Waals surface area (Å²) >= 11 is 2.91. The first-order chi connectivity index (χ1) is 17.4. The molecule has 9 heteroatoms. The maximum atomic E-state index is 13.7. The van der Waals surface area contributed by atoms with E-state index >= 15 is 0 Å². The molecule has 0 unspecified atom stereocenters. The number of carbonyl (C=O) groups is 2. The standard InChI is InChI=1S/C27H21N5O2S2/c1-17(33)29-21-14-20(13-12-19(21)15-28)30-27-32(16-18-8-4-3-5-9-18)25(34)24(36-27)26-31(2)22-10-6-7-11-23(22)35-26/h3-14H,16H2,1-2H3,(H,29,33). The third-order valence-corrected chi connectivity index (χ3v) is 8.07. The Labute approximate surface area is 217 Å². The van der Waals surface area contributed by atoms with Crippen LogP contribution < -0.4 is 10.2 Å². The highest BCUT2D eigenvalue weighted by Crippen LogP contribution is 2.50. The van der Waals surface area contributed by atoms with Crippen LogP contribution in [-0.4, -0.2) is 28.9 Å². The van der Waals surface area contributed by atoms with Gasteiger partial charge >= 0.3 is 0 Å². The Kier molecular flexibility index (Phi) is 6.55. The molecule has 7 nitrogen and oxygen atoms in total. The van der Waals surface area contributed by atoms with Crippen molar-refractivity contribution >= 4 is 57.6 Å². The van der Waals surface area contributed by atoms with E-state index in [2.05, 4.69) is 11.4 Å². The van der Waals surface area contributed by atoms with E-state index in [1.165, 1.54) is 18.7 Å². The van der Waals surface area contributed by atoms with Gasteiger partial charge in [-0.3, -0.25) is 14.5 Å². The lowest BCUT2D eigenvalue weighted by Crippen LogP contribution is -2.29. The number of hydrogen-bond acceptors (Lipinski definition) is 7. The van der Waals surface area contributed by atoms with Crippen LogP contribution in [0.2, 0.25) is 0 Å². The smallest absolute Gasteiger partial charge is 0.269 e. The van der Waals surface area contributed by atoms with E-state index in [0.29, 0.717) is 33.6 Å². The summed E-state index contributed by atoms with van der Waals surface area (Å²) in [7, 11) is 1.96. The first kappa shape index (κ1) is 23.7. The molecule has 0 radical (unpaired) electrons. The van der Waals surface area contributed by atoms with Crippen LogP contribution in [0.4, 0.5) is 17.1 Å². The minimum atomic E-state index is -0.277. The van der Waals surface area contributed by atoms with Crippen LogP contribution in [0.15, 0.2) is 92.6 Å². The quantitative estimate of drug-likeness (QED) is 0.453. The molecule has 2 heterocycles. The van der Waals surface area contributed by atoms with Gasteiger partial charge in [-0.25, -0.2) is 4.99 Å². The summed E-state index contributed by atoms with van der Waals surface area (Å²) in [4.78, 5) is 35.6. The van der Waals surface area contributed by atoms with Gasteiger partial charge in [0, 0.05) is 18.9 Å². The van der Waals surface area contributed by atoms with Gasteiger partial charge in [0.05, 0.1) is 34.2 Å². The summed E-state index contributed by atoms with van der Waals surface area (Å²) in [5.74, 6) is -0.388. The second kappa shape index (κ2) is 9.93. The zero-order valence-corrected chi connectivity index (χ0v) is 21.2. The van der Waals surface area contributed by atoms with Gasteiger partial charge in [-0.05, 0) is 47.7 Å². The molecule has 36 heavy (non-hydrogen) atoms. The van der Waals surface area contributed by atoms with E-state index in [9.17, 15) is 14.9 Å². The Balaban J connectivity index is 1.56. The molecule has 0 aromatic heterocycles. The number of amidine groups is 1. The Bertz CT molecular complexity index is 1480. The van der Waals surface area contributed by atoms with E-state index in [-0.39, 0.29) is 11.8 Å². The van der Waals surface area contributed by atoms with E-state index in [1.54, 1.807) is 34.9 Å². The monoisotopic (exact) mass is 511 g/mol. The van der Waals surface area contributed by atoms with Gasteiger partial charge in [-0.1, -0.05) is 54.2 Å². The van der Waals surface area contributed by atoms with Crippen molar-refractivity contribution in [3.8, 4) is 6.07 Å². The molecule has 2 amide bonds. The van der Waals surface area contributed by atoms with Crippen molar-refractivity contribution in [3.63, 3.8) is 0 Å². The fourth-order valence-electron chi connectivity index (χ4n) is 3.93. The number of nitriles is 1. The normalized spacial score (nSPS) is 17.9. The minimum Gasteiger partial charge on any atom is -0.337 e. The van der Waals surface area contributed by atoms with Gasteiger partial charge in [-0.15, -0.1) is 0 Å². The van der Waals surface area contributed by atoms with Gasteiger partial charge in [0.15, 0.2) is 5.17 Å². The summed E-state index contributed by atoms with van der Waals surface area (Å²) in [5, 5.41) is 13.5. The predicted octanol–water partition coefficient (Wildman–Crippen LogP) is 5.69. The SMILES string of the molecule is CC(=O)Nc1cc(N=C2SC(=C3Sc4ccccc4N3C)C(=O)N2Cc2ccccc2)ccc1C#N. The average Bonchev–Trinajstić information content (AvgIpc) is 3.36. The fraction of sp³-hybridized carbons (Fsp3) is 0.111. The molecular formula is C27H21N5O2S2. The molecule has 1 fully saturated rings. The number of amides is 2. The molecule has 2 aliphatic heterocycles. The second-order valence-corrected chi connectivity index (χ2v) is 10.2. The van der Waals surface area contributed by atoms with Crippen molar-refractivity contribution in [3.05, 3.63) is 93.9 Å². The van der Waals surface area contributed by atoms with Gasteiger partial charge in [0.25, 0.3) is 5.91 Å². The first-order valence-electron chi connectivity index (χ1n) is 11.1. The average molecular weight is 512 g/mol. The number of aliphatic imine (C=N–C) groups is 1. The molecule has 3 aromatic rings. The van der Waals surface area contributed by atoms with Crippen molar-refractivity contribution in [1.82, 2.24) is 4.90 Å². The minimum absolute atomic E-state index is 0.111. The molecule has 1 saturated heterocycles. The van der Waals surface area contributed by atoms with Crippen LogP contribution in [0.3, 0.4) is 0 Å². The molecule has 0 saturated carbocycles. The molecule has 5 rings (SSSR count). The van der Waals surface area contributed by atoms with Crippen molar-refractivity contribution in [1.29, 1.82) is 5.26 Å². The zero-order chi connectivity index (χ0) is 25.2. The summed E-state index contributed by atoms with van der Waals surface area (Å²) in [6.45, 7) is 1.76. The Hall–Kier alpha value is -4.00. The van der Waals surface area contributed by atoms with Crippen LogP contribution in [0.1, 0.15) is 18.1 Å². The number of fused-ring (bicyclic) bond motifs is 1. The Morgan fingerprint density at radius 1 is 1.06 bits per heavy atom. The van der Waals surface area contributed by atoms with Gasteiger partial charge < -0.3 is 10.2 Å². The van der Waals surface area contributed by atoms with Crippen LogP contribution >= 0.6 is 23.5 Å². The van der Waals surface area contributed by atoms with E-state index in [0.717, 1.165) is 21.2 Å². The number of para-hydroxylation sites is 1. The van der Waals surface area contributed by atoms with E-state index in [4.69, 9.17) is 4.99 Å². The van der Waals surface area contributed by atoms with Crippen LogP contribution in [0.5, 0.6) is 0 Å². The number of benzene rings is 3. The lowest BCUT2D eigenvalue weighted by atomic mass is 10.1. The van der Waals surface area contributed by atoms with Crippen LogP contribution in [-0.2, 0) is 16.1 Å². The second-order valence-electron chi connectivity index (χ2n) is 8.16. The number of anilines is 2. The molecule has 3 aromatic carbocycles. The van der Waals surface area contributed by atoms with Gasteiger partial charge in [0.2, 0.25) is 5.91 Å². The molecular weight excluding hydrogens is 490 g/mol. The zero-order valence-electron chi connectivity index (χ0n) is 19.6. The topological polar surface area (TPSA) is 88.8 Å². The number of rotatable bonds is 4. The van der Waals surface area contributed by atoms with Crippen molar-refractivity contribution in [2.75, 3.05) is 17.3 Å².